The maximum absolute atomic E-state index is 11.6. The molecule has 0 saturated heterocycles. The third-order valence-corrected chi connectivity index (χ3v) is 2.08. The first-order valence-corrected chi connectivity index (χ1v) is 5.22. The summed E-state index contributed by atoms with van der Waals surface area (Å²) in [6.07, 6.45) is 4.11. The molecule has 0 aliphatic carbocycles. The van der Waals surface area contributed by atoms with Gasteiger partial charge >= 0.3 is 5.97 Å². The van der Waals surface area contributed by atoms with Crippen molar-refractivity contribution in [3.05, 3.63) is 47.7 Å². The highest BCUT2D eigenvalue weighted by atomic mass is 16.5. The maximum Gasteiger partial charge on any atom is 0.338 e. The van der Waals surface area contributed by atoms with Gasteiger partial charge in [-0.3, -0.25) is 0 Å². The lowest BCUT2D eigenvalue weighted by molar-refractivity contribution is 0.0525. The quantitative estimate of drug-likeness (QED) is 0.565. The van der Waals surface area contributed by atoms with Crippen LogP contribution in [0.25, 0.3) is 0 Å². The van der Waals surface area contributed by atoms with Gasteiger partial charge in [0.25, 0.3) is 0 Å². The molecule has 0 radical (unpaired) electrons. The fourth-order valence-corrected chi connectivity index (χ4v) is 1.38. The fraction of sp³-hybridized carbons (Fsp3) is 0.308. The molecule has 0 heterocycles. The first-order chi connectivity index (χ1) is 7.79. The van der Waals surface area contributed by atoms with Gasteiger partial charge in [-0.1, -0.05) is 18.2 Å². The molecule has 86 valence electrons. The number of allylic oxidation sites excluding steroid dienone is 1. The largest absolute Gasteiger partial charge is 0.505 e. The molecule has 16 heavy (non-hydrogen) atoms. The number of methoxy groups -OCH3 is 1. The van der Waals surface area contributed by atoms with Crippen LogP contribution in [0, 0.1) is 0 Å². The first-order valence-electron chi connectivity index (χ1n) is 5.22. The summed E-state index contributed by atoms with van der Waals surface area (Å²) < 4.78 is 9.80. The van der Waals surface area contributed by atoms with Crippen LogP contribution in [0.15, 0.2) is 36.6 Å². The summed E-state index contributed by atoms with van der Waals surface area (Å²) in [5.41, 5.74) is 1.55. The summed E-state index contributed by atoms with van der Waals surface area (Å²) in [5.74, 6) is -0.274. The highest BCUT2D eigenvalue weighted by molar-refractivity contribution is 5.91. The standard InChI is InChI=1S/C13H16O3/c1-3-16-13(14)12-9-5-4-7-11(12)8-6-10-15-2/h4-7,9-10H,3,8H2,1-2H3/b10-6+. The third kappa shape index (κ3) is 3.42. The van der Waals surface area contributed by atoms with Crippen molar-refractivity contribution in [3.63, 3.8) is 0 Å². The Morgan fingerprint density at radius 1 is 1.38 bits per heavy atom. The molecule has 1 aromatic rings. The van der Waals surface area contributed by atoms with E-state index in [1.807, 2.05) is 24.3 Å². The van der Waals surface area contributed by atoms with Crippen molar-refractivity contribution in [1.82, 2.24) is 0 Å². The number of esters is 1. The second kappa shape index (κ2) is 6.67. The molecule has 1 rings (SSSR count). The number of hydrogen-bond acceptors (Lipinski definition) is 3. The molecule has 0 saturated carbocycles. The van der Waals surface area contributed by atoms with Crippen LogP contribution in [0.4, 0.5) is 0 Å². The molecule has 1 aromatic carbocycles. The highest BCUT2D eigenvalue weighted by Gasteiger charge is 2.10. The highest BCUT2D eigenvalue weighted by Crippen LogP contribution is 2.11. The van der Waals surface area contributed by atoms with Crippen LogP contribution >= 0.6 is 0 Å². The van der Waals surface area contributed by atoms with E-state index in [1.54, 1.807) is 26.4 Å². The monoisotopic (exact) mass is 220 g/mol. The maximum atomic E-state index is 11.6. The van der Waals surface area contributed by atoms with E-state index in [4.69, 9.17) is 9.47 Å². The number of benzene rings is 1. The number of ether oxygens (including phenoxy) is 2. The van der Waals surface area contributed by atoms with Gasteiger partial charge in [0.05, 0.1) is 25.5 Å². The third-order valence-electron chi connectivity index (χ3n) is 2.08. The molecule has 0 amide bonds. The molecule has 0 spiro atoms. The number of hydrogen-bond donors (Lipinski definition) is 0. The summed E-state index contributed by atoms with van der Waals surface area (Å²) in [4.78, 5) is 11.6. The minimum atomic E-state index is -0.274. The van der Waals surface area contributed by atoms with E-state index in [0.29, 0.717) is 18.6 Å². The van der Waals surface area contributed by atoms with Crippen molar-refractivity contribution >= 4 is 5.97 Å². The van der Waals surface area contributed by atoms with Crippen LogP contribution in [0.1, 0.15) is 22.8 Å². The Kier molecular flexibility index (Phi) is 5.12. The van der Waals surface area contributed by atoms with Crippen LogP contribution in [-0.2, 0) is 15.9 Å². The van der Waals surface area contributed by atoms with Crippen molar-refractivity contribution in [2.75, 3.05) is 13.7 Å². The summed E-state index contributed by atoms with van der Waals surface area (Å²) in [6, 6.07) is 7.41. The normalized spacial score (nSPS) is 10.4. The molecule has 0 bridgehead atoms. The number of rotatable bonds is 5. The van der Waals surface area contributed by atoms with E-state index in [-0.39, 0.29) is 5.97 Å². The van der Waals surface area contributed by atoms with Crippen LogP contribution in [-0.4, -0.2) is 19.7 Å². The lowest BCUT2D eigenvalue weighted by Crippen LogP contribution is -2.07. The van der Waals surface area contributed by atoms with Crippen molar-refractivity contribution in [1.29, 1.82) is 0 Å². The molecule has 0 aliphatic rings. The molecule has 3 heteroatoms. The van der Waals surface area contributed by atoms with Gasteiger partial charge in [-0.05, 0) is 31.1 Å². The molecular formula is C13H16O3. The molecule has 0 unspecified atom stereocenters. The molecule has 0 atom stereocenters. The minimum absolute atomic E-state index is 0.274. The van der Waals surface area contributed by atoms with E-state index in [0.717, 1.165) is 5.56 Å². The summed E-state index contributed by atoms with van der Waals surface area (Å²) in [6.45, 7) is 2.19. The van der Waals surface area contributed by atoms with E-state index >= 15 is 0 Å². The zero-order valence-corrected chi connectivity index (χ0v) is 9.60. The zero-order valence-electron chi connectivity index (χ0n) is 9.60. The lowest BCUT2D eigenvalue weighted by Gasteiger charge is -2.06. The van der Waals surface area contributed by atoms with Gasteiger partial charge in [0.2, 0.25) is 0 Å². The molecule has 3 nitrogen and oxygen atoms in total. The zero-order chi connectivity index (χ0) is 11.8. The predicted octanol–water partition coefficient (Wildman–Crippen LogP) is 2.57. The molecule has 0 aliphatic heterocycles. The van der Waals surface area contributed by atoms with Gasteiger partial charge < -0.3 is 9.47 Å². The van der Waals surface area contributed by atoms with Gasteiger partial charge in [-0.2, -0.15) is 0 Å². The Morgan fingerprint density at radius 2 is 2.12 bits per heavy atom. The van der Waals surface area contributed by atoms with Crippen molar-refractivity contribution < 1.29 is 14.3 Å². The van der Waals surface area contributed by atoms with Crippen LogP contribution in [0.2, 0.25) is 0 Å². The Hall–Kier alpha value is -1.77. The van der Waals surface area contributed by atoms with Crippen molar-refractivity contribution in [2.45, 2.75) is 13.3 Å². The Balaban J connectivity index is 2.82. The first kappa shape index (κ1) is 12.3. The van der Waals surface area contributed by atoms with Gasteiger partial charge in [0, 0.05) is 0 Å². The molecule has 0 N–H and O–H groups in total. The average Bonchev–Trinajstić information content (AvgIpc) is 2.30. The SMILES string of the molecule is CCOC(=O)c1ccccc1C/C=C/OC. The van der Waals surface area contributed by atoms with E-state index in [9.17, 15) is 4.79 Å². The molecule has 0 fully saturated rings. The van der Waals surface area contributed by atoms with E-state index in [2.05, 4.69) is 0 Å². The molecule has 0 aromatic heterocycles. The van der Waals surface area contributed by atoms with Gasteiger partial charge in [0.1, 0.15) is 0 Å². The van der Waals surface area contributed by atoms with Gasteiger partial charge in [-0.25, -0.2) is 4.79 Å². The minimum Gasteiger partial charge on any atom is -0.505 e. The average molecular weight is 220 g/mol. The smallest absolute Gasteiger partial charge is 0.338 e. The Morgan fingerprint density at radius 3 is 2.81 bits per heavy atom. The number of carbonyl (C=O) groups excluding carboxylic acids is 1. The summed E-state index contributed by atoms with van der Waals surface area (Å²) in [7, 11) is 1.59. The van der Waals surface area contributed by atoms with Gasteiger partial charge in [-0.15, -0.1) is 0 Å². The summed E-state index contributed by atoms with van der Waals surface area (Å²) in [5, 5.41) is 0. The van der Waals surface area contributed by atoms with Crippen LogP contribution < -0.4 is 0 Å². The molecular weight excluding hydrogens is 204 g/mol. The topological polar surface area (TPSA) is 35.5 Å². The van der Waals surface area contributed by atoms with E-state index < -0.39 is 0 Å². The van der Waals surface area contributed by atoms with Gasteiger partial charge in [0.15, 0.2) is 0 Å². The Bertz CT molecular complexity index is 369. The lowest BCUT2D eigenvalue weighted by atomic mass is 10.0. The number of carbonyl (C=O) groups is 1. The second-order valence-electron chi connectivity index (χ2n) is 3.19. The van der Waals surface area contributed by atoms with Crippen molar-refractivity contribution in [3.8, 4) is 0 Å². The van der Waals surface area contributed by atoms with Crippen LogP contribution in [0.3, 0.4) is 0 Å². The van der Waals surface area contributed by atoms with Crippen molar-refractivity contribution in [2.24, 2.45) is 0 Å². The predicted molar refractivity (Wildman–Crippen MR) is 62.3 cm³/mol. The Labute approximate surface area is 95.7 Å². The summed E-state index contributed by atoms with van der Waals surface area (Å²) >= 11 is 0. The second-order valence-corrected chi connectivity index (χ2v) is 3.19. The fourth-order valence-electron chi connectivity index (χ4n) is 1.38. The van der Waals surface area contributed by atoms with E-state index in [1.165, 1.54) is 0 Å². The van der Waals surface area contributed by atoms with Crippen LogP contribution in [0.5, 0.6) is 0 Å².